The van der Waals surface area contributed by atoms with Crippen LogP contribution in [0.5, 0.6) is 0 Å². The zero-order chi connectivity index (χ0) is 9.35. The van der Waals surface area contributed by atoms with Crippen molar-refractivity contribution in [2.45, 2.75) is 18.9 Å². The van der Waals surface area contributed by atoms with E-state index in [0.29, 0.717) is 6.42 Å². The normalized spacial score (nSPS) is 29.2. The minimum Gasteiger partial charge on any atom is -0.393 e. The lowest BCUT2D eigenvalue weighted by molar-refractivity contribution is -0.421. The summed E-state index contributed by atoms with van der Waals surface area (Å²) in [4.78, 5) is 9.90. The van der Waals surface area contributed by atoms with Crippen molar-refractivity contribution in [2.75, 3.05) is 0 Å². The summed E-state index contributed by atoms with van der Waals surface area (Å²) < 4.78 is 0. The van der Waals surface area contributed by atoms with E-state index in [9.17, 15) is 10.1 Å². The molecule has 4 N–H and O–H groups in total. The van der Waals surface area contributed by atoms with Gasteiger partial charge in [0.25, 0.3) is 5.70 Å². The molecule has 0 radical (unpaired) electrons. The van der Waals surface area contributed by atoms with Crippen molar-refractivity contribution in [3.63, 3.8) is 0 Å². The first kappa shape index (κ1) is 8.73. The highest BCUT2D eigenvalue weighted by atomic mass is 16.6. The lowest BCUT2D eigenvalue weighted by Crippen LogP contribution is -2.36. The number of hydrogen-bond acceptors (Lipinski definition) is 4. The molecular formula is C7H11N3O2. The maximum atomic E-state index is 10.4. The third-order valence-electron chi connectivity index (χ3n) is 1.72. The van der Waals surface area contributed by atoms with Gasteiger partial charge in [-0.15, -0.1) is 0 Å². The van der Waals surface area contributed by atoms with Crippen LogP contribution in [-0.4, -0.2) is 10.5 Å². The highest BCUT2D eigenvalue weighted by Gasteiger charge is 2.27. The van der Waals surface area contributed by atoms with E-state index in [0.717, 1.165) is 0 Å². The minimum absolute atomic E-state index is 0.0914. The van der Waals surface area contributed by atoms with E-state index in [1.807, 2.05) is 0 Å². The smallest absolute Gasteiger partial charge is 0.289 e. The first-order chi connectivity index (χ1) is 5.42. The van der Waals surface area contributed by atoms with Gasteiger partial charge in [-0.1, -0.05) is 6.08 Å². The van der Waals surface area contributed by atoms with Crippen molar-refractivity contribution in [3.8, 4) is 0 Å². The van der Waals surface area contributed by atoms with Crippen LogP contribution < -0.4 is 11.5 Å². The summed E-state index contributed by atoms with van der Waals surface area (Å²) in [5.74, 6) is 0. The van der Waals surface area contributed by atoms with Gasteiger partial charge in [0.05, 0.1) is 4.92 Å². The van der Waals surface area contributed by atoms with Crippen LogP contribution in [0.2, 0.25) is 0 Å². The van der Waals surface area contributed by atoms with Gasteiger partial charge in [0.15, 0.2) is 0 Å². The molecule has 0 saturated carbocycles. The fourth-order valence-electron chi connectivity index (χ4n) is 1.05. The van der Waals surface area contributed by atoms with Gasteiger partial charge in [-0.05, 0) is 13.3 Å². The standard InChI is InChI=1S/C7H11N3O2/c1-7(9)3-2-5(8)6(4-7)10(11)12/h2,4H,3,8-9H2,1H3. The summed E-state index contributed by atoms with van der Waals surface area (Å²) in [5, 5.41) is 10.4. The molecule has 0 aromatic rings. The van der Waals surface area contributed by atoms with Crippen LogP contribution in [0.3, 0.4) is 0 Å². The number of rotatable bonds is 1. The van der Waals surface area contributed by atoms with Crippen molar-refractivity contribution < 1.29 is 4.92 Å². The molecule has 1 rings (SSSR count). The zero-order valence-electron chi connectivity index (χ0n) is 6.78. The van der Waals surface area contributed by atoms with Gasteiger partial charge < -0.3 is 11.5 Å². The third kappa shape index (κ3) is 1.62. The molecule has 0 spiro atoms. The van der Waals surface area contributed by atoms with Crippen molar-refractivity contribution in [1.29, 1.82) is 0 Å². The maximum Gasteiger partial charge on any atom is 0.289 e. The summed E-state index contributed by atoms with van der Waals surface area (Å²) in [6, 6.07) is 0. The Balaban J connectivity index is 3.02. The zero-order valence-corrected chi connectivity index (χ0v) is 6.78. The lowest BCUT2D eigenvalue weighted by atomic mass is 9.92. The molecule has 5 nitrogen and oxygen atoms in total. The average molecular weight is 169 g/mol. The number of hydrogen-bond donors (Lipinski definition) is 2. The van der Waals surface area contributed by atoms with E-state index in [4.69, 9.17) is 11.5 Å². The molecule has 0 bridgehead atoms. The largest absolute Gasteiger partial charge is 0.393 e. The molecule has 0 fully saturated rings. The second kappa shape index (κ2) is 2.60. The molecule has 1 aliphatic carbocycles. The fourth-order valence-corrected chi connectivity index (χ4v) is 1.05. The fraction of sp³-hybridized carbons (Fsp3) is 0.429. The molecule has 66 valence electrons. The van der Waals surface area contributed by atoms with E-state index < -0.39 is 10.5 Å². The summed E-state index contributed by atoms with van der Waals surface area (Å²) in [5.41, 5.74) is 10.5. The van der Waals surface area contributed by atoms with Gasteiger partial charge in [0, 0.05) is 11.6 Å². The van der Waals surface area contributed by atoms with Crippen molar-refractivity contribution >= 4 is 0 Å². The number of nitrogens with two attached hydrogens (primary N) is 2. The van der Waals surface area contributed by atoms with Crippen LogP contribution in [0, 0.1) is 10.1 Å². The number of nitrogens with zero attached hydrogens (tertiary/aromatic N) is 1. The van der Waals surface area contributed by atoms with Crippen molar-refractivity contribution in [2.24, 2.45) is 11.5 Å². The second-order valence-electron chi connectivity index (χ2n) is 3.16. The summed E-state index contributed by atoms with van der Waals surface area (Å²) in [6.45, 7) is 1.72. The van der Waals surface area contributed by atoms with Crippen molar-refractivity contribution in [1.82, 2.24) is 0 Å². The highest BCUT2D eigenvalue weighted by molar-refractivity contribution is 5.30. The van der Waals surface area contributed by atoms with Gasteiger partial charge in [-0.2, -0.15) is 0 Å². The molecule has 0 aromatic heterocycles. The lowest BCUT2D eigenvalue weighted by Gasteiger charge is -2.21. The molecule has 0 aliphatic heterocycles. The Bertz CT molecular complexity index is 278. The van der Waals surface area contributed by atoms with Gasteiger partial charge in [0.1, 0.15) is 5.70 Å². The Morgan fingerprint density at radius 2 is 2.33 bits per heavy atom. The average Bonchev–Trinajstić information content (AvgIpc) is 1.94. The predicted octanol–water partition coefficient (Wildman–Crippen LogP) is 0.111. The van der Waals surface area contributed by atoms with Gasteiger partial charge in [-0.3, -0.25) is 10.1 Å². The molecule has 0 aromatic carbocycles. The summed E-state index contributed by atoms with van der Waals surface area (Å²) >= 11 is 0. The number of nitro groups is 1. The molecule has 5 heteroatoms. The van der Waals surface area contributed by atoms with E-state index in [1.54, 1.807) is 13.0 Å². The molecule has 1 aliphatic rings. The summed E-state index contributed by atoms with van der Waals surface area (Å²) in [7, 11) is 0. The van der Waals surface area contributed by atoms with Crippen LogP contribution >= 0.6 is 0 Å². The Morgan fingerprint density at radius 1 is 1.75 bits per heavy atom. The van der Waals surface area contributed by atoms with E-state index >= 15 is 0 Å². The predicted molar refractivity (Wildman–Crippen MR) is 44.6 cm³/mol. The SMILES string of the molecule is CC1(N)C=C([N+](=O)[O-])C(N)=CC1. The maximum absolute atomic E-state index is 10.4. The molecule has 1 unspecified atom stereocenters. The highest BCUT2D eigenvalue weighted by Crippen LogP contribution is 2.21. The molecule has 0 amide bonds. The monoisotopic (exact) mass is 169 g/mol. The Morgan fingerprint density at radius 3 is 2.75 bits per heavy atom. The third-order valence-corrected chi connectivity index (χ3v) is 1.72. The second-order valence-corrected chi connectivity index (χ2v) is 3.16. The Kier molecular flexibility index (Phi) is 1.89. The Labute approximate surface area is 69.9 Å². The van der Waals surface area contributed by atoms with Crippen LogP contribution in [0.4, 0.5) is 0 Å². The molecule has 0 saturated heterocycles. The first-order valence-electron chi connectivity index (χ1n) is 3.54. The van der Waals surface area contributed by atoms with Gasteiger partial charge >= 0.3 is 0 Å². The first-order valence-corrected chi connectivity index (χ1v) is 3.54. The topological polar surface area (TPSA) is 95.2 Å². The molecular weight excluding hydrogens is 158 g/mol. The van der Waals surface area contributed by atoms with Crippen LogP contribution in [0.15, 0.2) is 23.5 Å². The van der Waals surface area contributed by atoms with Gasteiger partial charge in [-0.25, -0.2) is 0 Å². The van der Waals surface area contributed by atoms with Gasteiger partial charge in [0.2, 0.25) is 0 Å². The summed E-state index contributed by atoms with van der Waals surface area (Å²) in [6.07, 6.45) is 3.51. The molecule has 1 atom stereocenters. The molecule has 0 heterocycles. The Hall–Kier alpha value is -1.36. The van der Waals surface area contributed by atoms with Crippen molar-refractivity contribution in [3.05, 3.63) is 33.7 Å². The van der Waals surface area contributed by atoms with Crippen LogP contribution in [-0.2, 0) is 0 Å². The minimum atomic E-state index is -0.648. The van der Waals surface area contributed by atoms with E-state index in [1.165, 1.54) is 6.08 Å². The molecule has 12 heavy (non-hydrogen) atoms. The quantitative estimate of drug-likeness (QED) is 0.430. The van der Waals surface area contributed by atoms with Crippen LogP contribution in [0.25, 0.3) is 0 Å². The van der Waals surface area contributed by atoms with Crippen LogP contribution in [0.1, 0.15) is 13.3 Å². The van der Waals surface area contributed by atoms with E-state index in [2.05, 4.69) is 0 Å². The van der Waals surface area contributed by atoms with E-state index in [-0.39, 0.29) is 11.4 Å².